The number of benzene rings is 1. The molecule has 7 heteroatoms. The van der Waals surface area contributed by atoms with E-state index in [1.807, 2.05) is 26.4 Å². The molecular weight excluding hydrogens is 364 g/mol. The van der Waals surface area contributed by atoms with Gasteiger partial charge in [-0.2, -0.15) is 0 Å². The van der Waals surface area contributed by atoms with Crippen LogP contribution in [0.5, 0.6) is 0 Å². The lowest BCUT2D eigenvalue weighted by Gasteiger charge is -2.30. The largest absolute Gasteiger partial charge is 0.393 e. The van der Waals surface area contributed by atoms with Gasteiger partial charge in [0.15, 0.2) is 0 Å². The van der Waals surface area contributed by atoms with Gasteiger partial charge in [-0.25, -0.2) is 0 Å². The summed E-state index contributed by atoms with van der Waals surface area (Å²) in [4.78, 5) is 13.6. The summed E-state index contributed by atoms with van der Waals surface area (Å²) in [5.41, 5.74) is 7.09. The highest BCUT2D eigenvalue weighted by Gasteiger charge is 2.24. The van der Waals surface area contributed by atoms with E-state index in [9.17, 15) is 4.79 Å². The Morgan fingerprint density at radius 3 is 2.66 bits per heavy atom. The molecule has 5 N–H and O–H groups in total. The molecule has 3 rings (SSSR count). The maximum atomic E-state index is 11.8. The summed E-state index contributed by atoms with van der Waals surface area (Å²) in [7, 11) is 3.69. The summed E-state index contributed by atoms with van der Waals surface area (Å²) in [5, 5.41) is 25.9. The van der Waals surface area contributed by atoms with Gasteiger partial charge in [0, 0.05) is 68.9 Å². The van der Waals surface area contributed by atoms with E-state index in [0.717, 1.165) is 47.4 Å². The number of carbonyl (C=O) groups is 1. The Balaban J connectivity index is 1.92. The van der Waals surface area contributed by atoms with E-state index < -0.39 is 0 Å². The van der Waals surface area contributed by atoms with Gasteiger partial charge in [0.1, 0.15) is 5.84 Å². The van der Waals surface area contributed by atoms with Gasteiger partial charge >= 0.3 is 0 Å². The number of amidine groups is 1. The molecule has 1 amide bonds. The molecule has 0 fully saturated rings. The SMILES string of the molecule is CN/C=C(\C=N)c1cc(NC(=N)C2=C(NC)CCN(C(C)=O)C2)cc2c1CCC2. The Labute approximate surface area is 172 Å². The third-order valence-corrected chi connectivity index (χ3v) is 5.64. The third kappa shape index (κ3) is 4.34. The van der Waals surface area contributed by atoms with Crippen molar-refractivity contribution in [3.8, 4) is 0 Å². The van der Waals surface area contributed by atoms with Crippen molar-refractivity contribution in [2.75, 3.05) is 32.5 Å². The molecule has 7 nitrogen and oxygen atoms in total. The Bertz CT molecular complexity index is 899. The predicted octanol–water partition coefficient (Wildman–Crippen LogP) is 2.50. The number of hydrogen-bond donors (Lipinski definition) is 5. The van der Waals surface area contributed by atoms with Gasteiger partial charge in [0.25, 0.3) is 0 Å². The van der Waals surface area contributed by atoms with Crippen LogP contribution in [0.4, 0.5) is 5.69 Å². The summed E-state index contributed by atoms with van der Waals surface area (Å²) in [6.45, 7) is 2.67. The van der Waals surface area contributed by atoms with Crippen LogP contribution in [-0.2, 0) is 17.6 Å². The van der Waals surface area contributed by atoms with Gasteiger partial charge in [0.05, 0.1) is 6.54 Å². The lowest BCUT2D eigenvalue weighted by Crippen LogP contribution is -2.40. The quantitative estimate of drug-likeness (QED) is 0.378. The number of anilines is 1. The van der Waals surface area contributed by atoms with Crippen molar-refractivity contribution in [2.24, 2.45) is 0 Å². The summed E-state index contributed by atoms with van der Waals surface area (Å²) >= 11 is 0. The standard InChI is InChI=1S/C22H30N6O/c1-14(29)28-8-7-21(26-3)20(13-28)22(24)27-17-9-15-5-4-6-18(15)19(10-17)16(11-23)12-25-2/h9-12,23,25-26H,4-8,13H2,1-3H3,(H2,24,27)/b16-12+,23-11?. The molecule has 1 heterocycles. The number of aryl methyl sites for hydroxylation is 1. The number of nitrogens with zero attached hydrogens (tertiary/aromatic N) is 1. The molecule has 154 valence electrons. The molecule has 0 saturated heterocycles. The zero-order valence-corrected chi connectivity index (χ0v) is 17.4. The highest BCUT2D eigenvalue weighted by molar-refractivity contribution is 6.11. The van der Waals surface area contributed by atoms with E-state index in [1.54, 1.807) is 11.8 Å². The summed E-state index contributed by atoms with van der Waals surface area (Å²) in [5.74, 6) is 0.330. The van der Waals surface area contributed by atoms with Gasteiger partial charge < -0.3 is 26.3 Å². The zero-order chi connectivity index (χ0) is 21.0. The first kappa shape index (κ1) is 20.6. The number of nitrogens with one attached hydrogen (secondary N) is 5. The monoisotopic (exact) mass is 394 g/mol. The molecule has 1 aromatic carbocycles. The molecule has 1 aliphatic heterocycles. The molecule has 0 unspecified atom stereocenters. The van der Waals surface area contributed by atoms with E-state index in [0.29, 0.717) is 25.3 Å². The highest BCUT2D eigenvalue weighted by atomic mass is 16.2. The van der Waals surface area contributed by atoms with Gasteiger partial charge in [0.2, 0.25) is 5.91 Å². The van der Waals surface area contributed by atoms with E-state index >= 15 is 0 Å². The number of fused-ring (bicyclic) bond motifs is 1. The smallest absolute Gasteiger partial charge is 0.219 e. The van der Waals surface area contributed by atoms with Crippen molar-refractivity contribution >= 4 is 29.2 Å². The second kappa shape index (κ2) is 8.94. The van der Waals surface area contributed by atoms with Gasteiger partial charge in [-0.15, -0.1) is 0 Å². The Kier molecular flexibility index (Phi) is 6.36. The number of hydrogen-bond acceptors (Lipinski definition) is 5. The number of carbonyl (C=O) groups excluding carboxylic acids is 1. The van der Waals surface area contributed by atoms with Crippen molar-refractivity contribution in [1.82, 2.24) is 15.5 Å². The van der Waals surface area contributed by atoms with Crippen LogP contribution in [0, 0.1) is 10.8 Å². The Morgan fingerprint density at radius 2 is 2.00 bits per heavy atom. The van der Waals surface area contributed by atoms with E-state index in [-0.39, 0.29) is 5.91 Å². The van der Waals surface area contributed by atoms with Crippen molar-refractivity contribution in [3.63, 3.8) is 0 Å². The fraction of sp³-hybridized carbons (Fsp3) is 0.409. The first-order chi connectivity index (χ1) is 14.0. The normalized spacial score (nSPS) is 16.4. The molecule has 0 radical (unpaired) electrons. The molecule has 0 bridgehead atoms. The second-order valence-electron chi connectivity index (χ2n) is 7.45. The van der Waals surface area contributed by atoms with Crippen LogP contribution in [0.15, 0.2) is 29.6 Å². The van der Waals surface area contributed by atoms with Crippen LogP contribution < -0.4 is 16.0 Å². The average molecular weight is 395 g/mol. The van der Waals surface area contributed by atoms with E-state index in [4.69, 9.17) is 10.8 Å². The van der Waals surface area contributed by atoms with Crippen LogP contribution in [0.1, 0.15) is 36.5 Å². The molecule has 0 atom stereocenters. The Hall–Kier alpha value is -3.09. The second-order valence-corrected chi connectivity index (χ2v) is 7.45. The minimum Gasteiger partial charge on any atom is -0.393 e. The maximum Gasteiger partial charge on any atom is 0.219 e. The number of allylic oxidation sites excluding steroid dienone is 1. The maximum absolute atomic E-state index is 11.8. The number of amides is 1. The lowest BCUT2D eigenvalue weighted by atomic mass is 9.96. The van der Waals surface area contributed by atoms with Gasteiger partial charge in [-0.1, -0.05) is 0 Å². The molecule has 29 heavy (non-hydrogen) atoms. The Morgan fingerprint density at radius 1 is 1.21 bits per heavy atom. The predicted molar refractivity (Wildman–Crippen MR) is 119 cm³/mol. The van der Waals surface area contributed by atoms with Crippen molar-refractivity contribution in [2.45, 2.75) is 32.6 Å². The van der Waals surface area contributed by atoms with Crippen LogP contribution in [0.3, 0.4) is 0 Å². The fourth-order valence-electron chi connectivity index (χ4n) is 4.15. The van der Waals surface area contributed by atoms with Crippen LogP contribution in [0.2, 0.25) is 0 Å². The molecule has 1 aromatic rings. The summed E-state index contributed by atoms with van der Waals surface area (Å²) in [6.07, 6.45) is 7.06. The fourth-order valence-corrected chi connectivity index (χ4v) is 4.15. The van der Waals surface area contributed by atoms with Crippen LogP contribution in [0.25, 0.3) is 5.57 Å². The molecule has 1 aliphatic carbocycles. The minimum atomic E-state index is 0.0260. The lowest BCUT2D eigenvalue weighted by molar-refractivity contribution is -0.128. The minimum absolute atomic E-state index is 0.0260. The first-order valence-electron chi connectivity index (χ1n) is 10.0. The van der Waals surface area contributed by atoms with Crippen molar-refractivity contribution < 1.29 is 4.79 Å². The molecule has 0 aromatic heterocycles. The van der Waals surface area contributed by atoms with Crippen LogP contribution >= 0.6 is 0 Å². The highest BCUT2D eigenvalue weighted by Crippen LogP contribution is 2.33. The topological polar surface area (TPSA) is 104 Å². The summed E-state index contributed by atoms with van der Waals surface area (Å²) in [6, 6.07) is 4.14. The first-order valence-corrected chi connectivity index (χ1v) is 10.0. The van der Waals surface area contributed by atoms with E-state index in [2.05, 4.69) is 22.0 Å². The van der Waals surface area contributed by atoms with Crippen LogP contribution in [-0.4, -0.2) is 50.0 Å². The molecule has 2 aliphatic rings. The van der Waals surface area contributed by atoms with Gasteiger partial charge in [-0.05, 0) is 48.1 Å². The van der Waals surface area contributed by atoms with Crippen molar-refractivity contribution in [1.29, 1.82) is 10.8 Å². The summed E-state index contributed by atoms with van der Waals surface area (Å²) < 4.78 is 0. The molecule has 0 spiro atoms. The third-order valence-electron chi connectivity index (χ3n) is 5.64. The van der Waals surface area contributed by atoms with E-state index in [1.165, 1.54) is 17.3 Å². The molecular formula is C22H30N6O. The van der Waals surface area contributed by atoms with Gasteiger partial charge in [-0.3, -0.25) is 10.2 Å². The number of rotatable bonds is 6. The molecule has 0 saturated carbocycles. The zero-order valence-electron chi connectivity index (χ0n) is 17.4. The van der Waals surface area contributed by atoms with Crippen molar-refractivity contribution in [3.05, 3.63) is 46.3 Å². The average Bonchev–Trinajstić information content (AvgIpc) is 3.19.